The van der Waals surface area contributed by atoms with Crippen molar-refractivity contribution in [2.45, 2.75) is 32.9 Å². The standard InChI is InChI=1S/C15H25N3O/c1-5-14(16)15(19)18(6-2)11-12-7-9-13(10-8-12)17(3)4/h7-10,14H,5-6,11,16H2,1-4H3/t14-/m0/s1. The quantitative estimate of drug-likeness (QED) is 0.852. The molecule has 0 saturated heterocycles. The lowest BCUT2D eigenvalue weighted by Gasteiger charge is -2.24. The number of rotatable bonds is 6. The fraction of sp³-hybridized carbons (Fsp3) is 0.533. The normalized spacial score (nSPS) is 12.1. The summed E-state index contributed by atoms with van der Waals surface area (Å²) in [5.41, 5.74) is 8.10. The van der Waals surface area contributed by atoms with Crippen LogP contribution in [0.25, 0.3) is 0 Å². The Morgan fingerprint density at radius 2 is 1.79 bits per heavy atom. The van der Waals surface area contributed by atoms with E-state index < -0.39 is 0 Å². The Labute approximate surface area is 116 Å². The van der Waals surface area contributed by atoms with Crippen molar-refractivity contribution in [3.05, 3.63) is 29.8 Å². The van der Waals surface area contributed by atoms with Crippen molar-refractivity contribution < 1.29 is 4.79 Å². The predicted molar refractivity (Wildman–Crippen MR) is 80.1 cm³/mol. The average molecular weight is 263 g/mol. The Bertz CT molecular complexity index is 400. The van der Waals surface area contributed by atoms with Crippen LogP contribution in [0.15, 0.2) is 24.3 Å². The molecule has 0 aromatic heterocycles. The maximum absolute atomic E-state index is 12.1. The second kappa shape index (κ2) is 7.14. The zero-order chi connectivity index (χ0) is 14.4. The summed E-state index contributed by atoms with van der Waals surface area (Å²) in [6.45, 7) is 5.22. The first-order valence-electron chi connectivity index (χ1n) is 6.80. The van der Waals surface area contributed by atoms with Crippen molar-refractivity contribution in [3.8, 4) is 0 Å². The Kier molecular flexibility index (Phi) is 5.83. The molecule has 1 rings (SSSR count). The number of carbonyl (C=O) groups excluding carboxylic acids is 1. The topological polar surface area (TPSA) is 49.6 Å². The molecule has 4 nitrogen and oxygen atoms in total. The fourth-order valence-corrected chi connectivity index (χ4v) is 1.87. The monoisotopic (exact) mass is 263 g/mol. The van der Waals surface area contributed by atoms with Crippen LogP contribution >= 0.6 is 0 Å². The van der Waals surface area contributed by atoms with Gasteiger partial charge in [-0.15, -0.1) is 0 Å². The van der Waals surface area contributed by atoms with Crippen LogP contribution in [0, 0.1) is 0 Å². The zero-order valence-corrected chi connectivity index (χ0v) is 12.4. The lowest BCUT2D eigenvalue weighted by molar-refractivity contribution is -0.133. The van der Waals surface area contributed by atoms with Crippen LogP contribution in [0.4, 0.5) is 5.69 Å². The minimum Gasteiger partial charge on any atom is -0.378 e. The SMILES string of the molecule is CC[C@H](N)C(=O)N(CC)Cc1ccc(N(C)C)cc1. The molecule has 0 heterocycles. The predicted octanol–water partition coefficient (Wildman–Crippen LogP) is 1.84. The maximum Gasteiger partial charge on any atom is 0.239 e. The van der Waals surface area contributed by atoms with Gasteiger partial charge in [0.05, 0.1) is 6.04 Å². The number of benzene rings is 1. The van der Waals surface area contributed by atoms with Crippen LogP contribution in [0.1, 0.15) is 25.8 Å². The van der Waals surface area contributed by atoms with Crippen molar-refractivity contribution >= 4 is 11.6 Å². The van der Waals surface area contributed by atoms with E-state index in [4.69, 9.17) is 5.73 Å². The molecule has 4 heteroatoms. The number of nitrogens with two attached hydrogens (primary N) is 1. The van der Waals surface area contributed by atoms with Gasteiger partial charge in [-0.25, -0.2) is 0 Å². The van der Waals surface area contributed by atoms with E-state index in [0.717, 1.165) is 11.3 Å². The highest BCUT2D eigenvalue weighted by Crippen LogP contribution is 2.14. The van der Waals surface area contributed by atoms with Crippen molar-refractivity contribution in [2.75, 3.05) is 25.5 Å². The van der Waals surface area contributed by atoms with Gasteiger partial charge in [0.15, 0.2) is 0 Å². The second-order valence-electron chi connectivity index (χ2n) is 4.93. The van der Waals surface area contributed by atoms with Crippen LogP contribution in [0.3, 0.4) is 0 Å². The van der Waals surface area contributed by atoms with Gasteiger partial charge in [-0.1, -0.05) is 19.1 Å². The number of nitrogens with zero attached hydrogens (tertiary/aromatic N) is 2. The number of hydrogen-bond acceptors (Lipinski definition) is 3. The van der Waals surface area contributed by atoms with Gasteiger partial charge in [0, 0.05) is 32.9 Å². The smallest absolute Gasteiger partial charge is 0.239 e. The molecule has 1 amide bonds. The molecule has 1 atom stereocenters. The van der Waals surface area contributed by atoms with Crippen molar-refractivity contribution in [2.24, 2.45) is 5.73 Å². The Hall–Kier alpha value is -1.55. The van der Waals surface area contributed by atoms with E-state index in [1.807, 2.05) is 27.9 Å². The molecular formula is C15H25N3O. The summed E-state index contributed by atoms with van der Waals surface area (Å²) in [6, 6.07) is 7.85. The lowest BCUT2D eigenvalue weighted by atomic mass is 10.1. The van der Waals surface area contributed by atoms with Gasteiger partial charge in [0.2, 0.25) is 5.91 Å². The highest BCUT2D eigenvalue weighted by molar-refractivity contribution is 5.81. The summed E-state index contributed by atoms with van der Waals surface area (Å²) >= 11 is 0. The zero-order valence-electron chi connectivity index (χ0n) is 12.4. The molecule has 106 valence electrons. The molecular weight excluding hydrogens is 238 g/mol. The van der Waals surface area contributed by atoms with Gasteiger partial charge in [0.25, 0.3) is 0 Å². The molecule has 1 aromatic carbocycles. The van der Waals surface area contributed by atoms with Gasteiger partial charge < -0.3 is 15.5 Å². The molecule has 0 spiro atoms. The number of hydrogen-bond donors (Lipinski definition) is 1. The Balaban J connectivity index is 2.73. The Morgan fingerprint density at radius 3 is 2.21 bits per heavy atom. The van der Waals surface area contributed by atoms with Crippen molar-refractivity contribution in [1.29, 1.82) is 0 Å². The van der Waals surface area contributed by atoms with Crippen LogP contribution < -0.4 is 10.6 Å². The number of anilines is 1. The molecule has 0 aliphatic heterocycles. The summed E-state index contributed by atoms with van der Waals surface area (Å²) in [5.74, 6) is 0.0293. The number of likely N-dealkylation sites (N-methyl/N-ethyl adjacent to an activating group) is 1. The first kappa shape index (κ1) is 15.5. The van der Waals surface area contributed by atoms with Gasteiger partial charge in [0.1, 0.15) is 0 Å². The average Bonchev–Trinajstić information content (AvgIpc) is 2.43. The summed E-state index contributed by atoms with van der Waals surface area (Å²) in [5, 5.41) is 0. The van der Waals surface area contributed by atoms with Gasteiger partial charge in [-0.05, 0) is 31.0 Å². The molecule has 0 bridgehead atoms. The van der Waals surface area contributed by atoms with E-state index in [-0.39, 0.29) is 11.9 Å². The molecule has 0 aliphatic rings. The van der Waals surface area contributed by atoms with E-state index in [1.165, 1.54) is 0 Å². The number of amides is 1. The third-order valence-corrected chi connectivity index (χ3v) is 3.28. The fourth-order valence-electron chi connectivity index (χ4n) is 1.87. The highest BCUT2D eigenvalue weighted by atomic mass is 16.2. The lowest BCUT2D eigenvalue weighted by Crippen LogP contribution is -2.42. The summed E-state index contributed by atoms with van der Waals surface area (Å²) in [7, 11) is 4.02. The van der Waals surface area contributed by atoms with Crippen molar-refractivity contribution in [1.82, 2.24) is 4.90 Å². The molecule has 2 N–H and O–H groups in total. The third kappa shape index (κ3) is 4.24. The van der Waals surface area contributed by atoms with Gasteiger partial charge >= 0.3 is 0 Å². The number of carbonyl (C=O) groups is 1. The first-order valence-corrected chi connectivity index (χ1v) is 6.80. The summed E-state index contributed by atoms with van der Waals surface area (Å²) < 4.78 is 0. The third-order valence-electron chi connectivity index (χ3n) is 3.28. The molecule has 0 fully saturated rings. The molecule has 19 heavy (non-hydrogen) atoms. The molecule has 1 aromatic rings. The van der Waals surface area contributed by atoms with Crippen LogP contribution in [-0.2, 0) is 11.3 Å². The largest absolute Gasteiger partial charge is 0.378 e. The van der Waals surface area contributed by atoms with E-state index in [1.54, 1.807) is 4.90 Å². The Morgan fingerprint density at radius 1 is 1.21 bits per heavy atom. The second-order valence-corrected chi connectivity index (χ2v) is 4.93. The summed E-state index contributed by atoms with van der Waals surface area (Å²) in [4.78, 5) is 15.9. The van der Waals surface area contributed by atoms with Crippen molar-refractivity contribution in [3.63, 3.8) is 0 Å². The van der Waals surface area contributed by atoms with E-state index >= 15 is 0 Å². The minimum absolute atomic E-state index is 0.0293. The van der Waals surface area contributed by atoms with Crippen LogP contribution in [0.5, 0.6) is 0 Å². The van der Waals surface area contributed by atoms with Gasteiger partial charge in [-0.2, -0.15) is 0 Å². The van der Waals surface area contributed by atoms with E-state index in [0.29, 0.717) is 19.5 Å². The summed E-state index contributed by atoms with van der Waals surface area (Å²) in [6.07, 6.45) is 0.675. The van der Waals surface area contributed by atoms with E-state index in [2.05, 4.69) is 29.2 Å². The minimum atomic E-state index is -0.388. The molecule has 0 saturated carbocycles. The molecule has 0 aliphatic carbocycles. The van der Waals surface area contributed by atoms with E-state index in [9.17, 15) is 4.79 Å². The molecule has 0 radical (unpaired) electrons. The highest BCUT2D eigenvalue weighted by Gasteiger charge is 2.18. The van der Waals surface area contributed by atoms with Crippen LogP contribution in [0.2, 0.25) is 0 Å². The first-order chi connectivity index (χ1) is 8.99. The van der Waals surface area contributed by atoms with Crippen LogP contribution in [-0.4, -0.2) is 37.5 Å². The molecule has 0 unspecified atom stereocenters. The maximum atomic E-state index is 12.1. The van der Waals surface area contributed by atoms with Gasteiger partial charge in [-0.3, -0.25) is 4.79 Å².